The third kappa shape index (κ3) is 4.27. The molecular weight excluding hydrogens is 386 g/mol. The van der Waals surface area contributed by atoms with Crippen molar-refractivity contribution in [3.8, 4) is 11.3 Å². The van der Waals surface area contributed by atoms with Crippen LogP contribution in [0, 0.1) is 19.8 Å². The predicted octanol–water partition coefficient (Wildman–Crippen LogP) is 2.93. The molecule has 29 heavy (non-hydrogen) atoms. The van der Waals surface area contributed by atoms with Gasteiger partial charge in [-0.3, -0.25) is 14.6 Å². The number of hydrogen-bond acceptors (Lipinski definition) is 6. The summed E-state index contributed by atoms with van der Waals surface area (Å²) in [6.45, 7) is 5.76. The van der Waals surface area contributed by atoms with Crippen LogP contribution in [-0.2, 0) is 6.54 Å². The maximum absolute atomic E-state index is 12.8. The Kier molecular flexibility index (Phi) is 5.53. The lowest BCUT2D eigenvalue weighted by Crippen LogP contribution is -2.40. The van der Waals surface area contributed by atoms with Crippen LogP contribution in [0.25, 0.3) is 11.3 Å². The summed E-state index contributed by atoms with van der Waals surface area (Å²) < 4.78 is 1.55. The molecular formula is C21H23N5O2S. The van der Waals surface area contributed by atoms with Gasteiger partial charge in [0.1, 0.15) is 4.88 Å². The summed E-state index contributed by atoms with van der Waals surface area (Å²) in [5.74, 6) is 0.391. The van der Waals surface area contributed by atoms with Crippen molar-refractivity contribution in [2.24, 2.45) is 5.92 Å². The molecule has 0 atom stereocenters. The molecule has 1 saturated heterocycles. The summed E-state index contributed by atoms with van der Waals surface area (Å²) in [6.07, 6.45) is 5.14. The highest BCUT2D eigenvalue weighted by molar-refractivity contribution is 7.13. The SMILES string of the molecule is Cc1nc(C)c(C(=O)N2CCC(Cn3nc(-c4ccncc4)ccc3=O)CC2)s1. The second kappa shape index (κ2) is 8.24. The van der Waals surface area contributed by atoms with E-state index >= 15 is 0 Å². The lowest BCUT2D eigenvalue weighted by Gasteiger charge is -2.31. The van der Waals surface area contributed by atoms with Crippen LogP contribution in [0.15, 0.2) is 41.5 Å². The van der Waals surface area contributed by atoms with E-state index in [9.17, 15) is 9.59 Å². The number of carbonyl (C=O) groups excluding carboxylic acids is 1. The fourth-order valence-corrected chi connectivity index (χ4v) is 4.58. The van der Waals surface area contributed by atoms with E-state index < -0.39 is 0 Å². The number of piperidine rings is 1. The van der Waals surface area contributed by atoms with Crippen LogP contribution < -0.4 is 5.56 Å². The van der Waals surface area contributed by atoms with Gasteiger partial charge in [-0.15, -0.1) is 11.3 Å². The first kappa shape index (κ1) is 19.4. The van der Waals surface area contributed by atoms with Crippen LogP contribution in [-0.4, -0.2) is 43.6 Å². The van der Waals surface area contributed by atoms with E-state index in [0.29, 0.717) is 25.6 Å². The standard InChI is InChI=1S/C21H23N5O2S/c1-14-20(29-15(2)23-14)21(28)25-11-7-16(8-12-25)13-26-19(27)4-3-18(24-26)17-5-9-22-10-6-17/h3-6,9-10,16H,7-8,11-13H2,1-2H3. The van der Waals surface area contributed by atoms with E-state index in [4.69, 9.17) is 0 Å². The summed E-state index contributed by atoms with van der Waals surface area (Å²) in [4.78, 5) is 36.1. The van der Waals surface area contributed by atoms with Crippen LogP contribution in [0.4, 0.5) is 0 Å². The maximum atomic E-state index is 12.8. The summed E-state index contributed by atoms with van der Waals surface area (Å²) in [5.41, 5.74) is 2.40. The van der Waals surface area contributed by atoms with E-state index in [2.05, 4.69) is 15.1 Å². The number of carbonyl (C=O) groups is 1. The minimum absolute atomic E-state index is 0.0709. The first-order valence-corrected chi connectivity index (χ1v) is 10.5. The summed E-state index contributed by atoms with van der Waals surface area (Å²) in [6, 6.07) is 7.07. The van der Waals surface area contributed by atoms with E-state index in [1.807, 2.05) is 30.9 Å². The molecule has 150 valence electrons. The van der Waals surface area contributed by atoms with Crippen LogP contribution >= 0.6 is 11.3 Å². The molecule has 4 heterocycles. The van der Waals surface area contributed by atoms with Gasteiger partial charge in [-0.25, -0.2) is 9.67 Å². The van der Waals surface area contributed by atoms with Crippen molar-refractivity contribution < 1.29 is 4.79 Å². The number of amides is 1. The molecule has 0 aromatic carbocycles. The fraction of sp³-hybridized carbons (Fsp3) is 0.381. The van der Waals surface area contributed by atoms with Gasteiger partial charge in [-0.05, 0) is 50.8 Å². The Balaban J connectivity index is 1.42. The Morgan fingerprint density at radius 1 is 1.14 bits per heavy atom. The molecule has 8 heteroatoms. The number of pyridine rings is 1. The van der Waals surface area contributed by atoms with Crippen molar-refractivity contribution in [3.05, 3.63) is 62.6 Å². The average molecular weight is 410 g/mol. The second-order valence-corrected chi connectivity index (χ2v) is 8.56. The first-order valence-electron chi connectivity index (χ1n) is 9.73. The monoisotopic (exact) mass is 409 g/mol. The van der Waals surface area contributed by atoms with E-state index in [1.165, 1.54) is 11.3 Å². The largest absolute Gasteiger partial charge is 0.338 e. The topological polar surface area (TPSA) is 81.0 Å². The van der Waals surface area contributed by atoms with Crippen molar-refractivity contribution in [3.63, 3.8) is 0 Å². The highest BCUT2D eigenvalue weighted by Crippen LogP contribution is 2.24. The Morgan fingerprint density at radius 3 is 2.52 bits per heavy atom. The Hall–Kier alpha value is -2.87. The quantitative estimate of drug-likeness (QED) is 0.662. The third-order valence-electron chi connectivity index (χ3n) is 5.27. The molecule has 3 aromatic heterocycles. The molecule has 0 bridgehead atoms. The van der Waals surface area contributed by atoms with Gasteiger partial charge in [0.15, 0.2) is 0 Å². The first-order chi connectivity index (χ1) is 14.0. The van der Waals surface area contributed by atoms with Crippen LogP contribution in [0.2, 0.25) is 0 Å². The molecule has 0 N–H and O–H groups in total. The van der Waals surface area contributed by atoms with Crippen LogP contribution in [0.3, 0.4) is 0 Å². The van der Waals surface area contributed by atoms with Gasteiger partial charge in [0.25, 0.3) is 11.5 Å². The van der Waals surface area contributed by atoms with E-state index in [0.717, 1.165) is 39.7 Å². The highest BCUT2D eigenvalue weighted by atomic mass is 32.1. The molecule has 0 radical (unpaired) electrons. The van der Waals surface area contributed by atoms with Gasteiger partial charge in [-0.2, -0.15) is 5.10 Å². The van der Waals surface area contributed by atoms with Crippen LogP contribution in [0.1, 0.15) is 33.2 Å². The molecule has 3 aromatic rings. The zero-order chi connectivity index (χ0) is 20.4. The molecule has 0 spiro atoms. The predicted molar refractivity (Wildman–Crippen MR) is 112 cm³/mol. The van der Waals surface area contributed by atoms with Gasteiger partial charge in [0.2, 0.25) is 0 Å². The number of hydrogen-bond donors (Lipinski definition) is 0. The minimum Gasteiger partial charge on any atom is -0.338 e. The summed E-state index contributed by atoms with van der Waals surface area (Å²) in [7, 11) is 0. The van der Waals surface area contributed by atoms with Gasteiger partial charge in [0, 0.05) is 43.7 Å². The summed E-state index contributed by atoms with van der Waals surface area (Å²) >= 11 is 1.46. The number of thiazole rings is 1. The molecule has 0 saturated carbocycles. The smallest absolute Gasteiger partial charge is 0.266 e. The van der Waals surface area contributed by atoms with Gasteiger partial charge in [-0.1, -0.05) is 0 Å². The average Bonchev–Trinajstić information content (AvgIpc) is 3.08. The van der Waals surface area contributed by atoms with Gasteiger partial charge >= 0.3 is 0 Å². The number of rotatable bonds is 4. The van der Waals surface area contributed by atoms with Crippen molar-refractivity contribution in [2.45, 2.75) is 33.2 Å². The molecule has 1 amide bonds. The van der Waals surface area contributed by atoms with Gasteiger partial charge in [0.05, 0.1) is 16.4 Å². The van der Waals surface area contributed by atoms with Crippen molar-refractivity contribution in [1.82, 2.24) is 24.6 Å². The molecule has 1 fully saturated rings. The molecule has 1 aliphatic heterocycles. The summed E-state index contributed by atoms with van der Waals surface area (Å²) in [5, 5.41) is 5.46. The van der Waals surface area contributed by atoms with Crippen molar-refractivity contribution >= 4 is 17.2 Å². The third-order valence-corrected chi connectivity index (χ3v) is 6.33. The normalized spacial score (nSPS) is 14.9. The molecule has 1 aliphatic rings. The number of aromatic nitrogens is 4. The molecule has 4 rings (SSSR count). The zero-order valence-corrected chi connectivity index (χ0v) is 17.4. The second-order valence-electron chi connectivity index (χ2n) is 7.36. The molecule has 0 unspecified atom stereocenters. The Bertz CT molecular complexity index is 1070. The minimum atomic E-state index is -0.0999. The van der Waals surface area contributed by atoms with Gasteiger partial charge < -0.3 is 4.90 Å². The number of nitrogens with zero attached hydrogens (tertiary/aromatic N) is 5. The Morgan fingerprint density at radius 2 is 1.86 bits per heavy atom. The number of likely N-dealkylation sites (tertiary alicyclic amines) is 1. The molecule has 7 nitrogen and oxygen atoms in total. The highest BCUT2D eigenvalue weighted by Gasteiger charge is 2.26. The van der Waals surface area contributed by atoms with Crippen molar-refractivity contribution in [1.29, 1.82) is 0 Å². The van der Waals surface area contributed by atoms with Crippen LogP contribution in [0.5, 0.6) is 0 Å². The molecule has 0 aliphatic carbocycles. The van der Waals surface area contributed by atoms with E-state index in [-0.39, 0.29) is 11.5 Å². The van der Waals surface area contributed by atoms with E-state index in [1.54, 1.807) is 29.2 Å². The lowest BCUT2D eigenvalue weighted by atomic mass is 9.96. The fourth-order valence-electron chi connectivity index (χ4n) is 3.69. The zero-order valence-electron chi connectivity index (χ0n) is 16.5. The Labute approximate surface area is 173 Å². The maximum Gasteiger partial charge on any atom is 0.266 e. The lowest BCUT2D eigenvalue weighted by molar-refractivity contribution is 0.0684. The van der Waals surface area contributed by atoms with Crippen molar-refractivity contribution in [2.75, 3.05) is 13.1 Å². The number of aryl methyl sites for hydroxylation is 2.